The van der Waals surface area contributed by atoms with Crippen molar-refractivity contribution in [2.24, 2.45) is 4.99 Å². The molecule has 2 aromatic rings. The molecule has 1 saturated heterocycles. The van der Waals surface area contributed by atoms with Crippen LogP contribution >= 0.6 is 0 Å². The van der Waals surface area contributed by atoms with E-state index in [1.807, 2.05) is 13.8 Å². The van der Waals surface area contributed by atoms with Crippen molar-refractivity contribution in [1.82, 2.24) is 20.5 Å². The lowest BCUT2D eigenvalue weighted by Crippen LogP contribution is -2.36. The van der Waals surface area contributed by atoms with Crippen LogP contribution in [0.1, 0.15) is 41.3 Å². The fourth-order valence-electron chi connectivity index (χ4n) is 3.14. The van der Waals surface area contributed by atoms with E-state index >= 15 is 0 Å². The van der Waals surface area contributed by atoms with Crippen molar-refractivity contribution in [3.63, 3.8) is 0 Å². The van der Waals surface area contributed by atoms with Crippen LogP contribution in [0.2, 0.25) is 0 Å². The topological polar surface area (TPSA) is 65.7 Å². The number of hydrogen-bond acceptors (Lipinski definition) is 4. The molecule has 0 spiro atoms. The van der Waals surface area contributed by atoms with Crippen molar-refractivity contribution in [1.29, 1.82) is 0 Å². The SMILES string of the molecule is CN=C(NCc1ccc(CN2CCCC2)cc1)NCc1nc(C)c(C)o1. The molecule has 0 atom stereocenters. The number of rotatable bonds is 6. The Labute approximate surface area is 155 Å². The number of aromatic nitrogens is 1. The van der Waals surface area contributed by atoms with Gasteiger partial charge in [0, 0.05) is 20.1 Å². The molecular formula is C20H29N5O. The molecule has 0 aliphatic carbocycles. The van der Waals surface area contributed by atoms with Gasteiger partial charge in [-0.2, -0.15) is 0 Å². The van der Waals surface area contributed by atoms with Gasteiger partial charge in [-0.3, -0.25) is 9.89 Å². The minimum Gasteiger partial charge on any atom is -0.444 e. The summed E-state index contributed by atoms with van der Waals surface area (Å²) in [6.07, 6.45) is 2.67. The number of likely N-dealkylation sites (tertiary alicyclic amines) is 1. The summed E-state index contributed by atoms with van der Waals surface area (Å²) >= 11 is 0. The molecule has 0 unspecified atom stereocenters. The van der Waals surface area contributed by atoms with Crippen molar-refractivity contribution in [2.45, 2.75) is 46.3 Å². The molecule has 2 heterocycles. The summed E-state index contributed by atoms with van der Waals surface area (Å²) in [7, 11) is 1.76. The summed E-state index contributed by atoms with van der Waals surface area (Å²) in [6.45, 7) is 8.64. The zero-order valence-electron chi connectivity index (χ0n) is 16.0. The van der Waals surface area contributed by atoms with Crippen molar-refractivity contribution in [2.75, 3.05) is 20.1 Å². The molecule has 6 nitrogen and oxygen atoms in total. The first-order chi connectivity index (χ1) is 12.6. The van der Waals surface area contributed by atoms with Crippen LogP contribution in [0.15, 0.2) is 33.7 Å². The summed E-state index contributed by atoms with van der Waals surface area (Å²) < 4.78 is 5.58. The Balaban J connectivity index is 1.45. The number of nitrogens with one attached hydrogen (secondary N) is 2. The quantitative estimate of drug-likeness (QED) is 0.616. The predicted molar refractivity (Wildman–Crippen MR) is 104 cm³/mol. The van der Waals surface area contributed by atoms with E-state index in [0.29, 0.717) is 12.4 Å². The molecule has 2 N–H and O–H groups in total. The Kier molecular flexibility index (Phi) is 6.28. The average molecular weight is 355 g/mol. The van der Waals surface area contributed by atoms with Gasteiger partial charge in [-0.1, -0.05) is 24.3 Å². The highest BCUT2D eigenvalue weighted by molar-refractivity contribution is 5.79. The number of guanidine groups is 1. The van der Waals surface area contributed by atoms with Gasteiger partial charge in [0.25, 0.3) is 0 Å². The highest BCUT2D eigenvalue weighted by atomic mass is 16.4. The van der Waals surface area contributed by atoms with Gasteiger partial charge >= 0.3 is 0 Å². The van der Waals surface area contributed by atoms with Crippen LogP contribution in [-0.4, -0.2) is 36.0 Å². The summed E-state index contributed by atoms with van der Waals surface area (Å²) in [5.74, 6) is 2.27. The van der Waals surface area contributed by atoms with Crippen molar-refractivity contribution in [3.8, 4) is 0 Å². The maximum atomic E-state index is 5.58. The van der Waals surface area contributed by atoms with E-state index in [4.69, 9.17) is 4.42 Å². The van der Waals surface area contributed by atoms with E-state index in [1.54, 1.807) is 7.05 Å². The zero-order chi connectivity index (χ0) is 18.4. The number of benzene rings is 1. The fraction of sp³-hybridized carbons (Fsp3) is 0.500. The first kappa shape index (κ1) is 18.5. The Morgan fingerprint density at radius 1 is 1.08 bits per heavy atom. The molecule has 1 fully saturated rings. The van der Waals surface area contributed by atoms with Crippen LogP contribution in [-0.2, 0) is 19.6 Å². The van der Waals surface area contributed by atoms with Crippen LogP contribution in [0.3, 0.4) is 0 Å². The second-order valence-electron chi connectivity index (χ2n) is 6.83. The molecule has 1 aromatic heterocycles. The Morgan fingerprint density at radius 3 is 2.35 bits per heavy atom. The number of aliphatic imine (C=N–C) groups is 1. The Bertz CT molecular complexity index is 710. The molecule has 6 heteroatoms. The van der Waals surface area contributed by atoms with Crippen LogP contribution in [0.25, 0.3) is 0 Å². The minimum absolute atomic E-state index is 0.517. The van der Waals surface area contributed by atoms with Crippen molar-refractivity contribution < 1.29 is 4.42 Å². The lowest BCUT2D eigenvalue weighted by Gasteiger charge is -2.15. The van der Waals surface area contributed by atoms with E-state index in [0.717, 1.165) is 30.5 Å². The smallest absolute Gasteiger partial charge is 0.214 e. The van der Waals surface area contributed by atoms with Gasteiger partial charge in [0.15, 0.2) is 5.96 Å². The van der Waals surface area contributed by atoms with E-state index in [-0.39, 0.29) is 0 Å². The summed E-state index contributed by atoms with van der Waals surface area (Å²) in [4.78, 5) is 11.1. The third-order valence-electron chi connectivity index (χ3n) is 4.79. The predicted octanol–water partition coefficient (Wildman–Crippen LogP) is 2.75. The first-order valence-corrected chi connectivity index (χ1v) is 9.31. The molecule has 0 saturated carbocycles. The van der Waals surface area contributed by atoms with Gasteiger partial charge in [0.1, 0.15) is 5.76 Å². The molecule has 0 radical (unpaired) electrons. The molecular weight excluding hydrogens is 326 g/mol. The van der Waals surface area contributed by atoms with Gasteiger partial charge < -0.3 is 15.1 Å². The monoisotopic (exact) mass is 355 g/mol. The lowest BCUT2D eigenvalue weighted by atomic mass is 10.1. The maximum absolute atomic E-state index is 5.58. The lowest BCUT2D eigenvalue weighted by molar-refractivity contribution is 0.331. The molecule has 3 rings (SSSR count). The van der Waals surface area contributed by atoms with Gasteiger partial charge in [-0.15, -0.1) is 0 Å². The summed E-state index contributed by atoms with van der Waals surface area (Å²) in [5.41, 5.74) is 3.55. The van der Waals surface area contributed by atoms with Crippen molar-refractivity contribution >= 4 is 5.96 Å². The normalized spacial score (nSPS) is 15.4. The van der Waals surface area contributed by atoms with E-state index < -0.39 is 0 Å². The second kappa shape index (κ2) is 8.85. The summed E-state index contributed by atoms with van der Waals surface area (Å²) in [5, 5.41) is 6.56. The van der Waals surface area contributed by atoms with Gasteiger partial charge in [-0.05, 0) is 50.9 Å². The number of hydrogen-bond donors (Lipinski definition) is 2. The van der Waals surface area contributed by atoms with E-state index in [9.17, 15) is 0 Å². The first-order valence-electron chi connectivity index (χ1n) is 9.31. The van der Waals surface area contributed by atoms with Gasteiger partial charge in [-0.25, -0.2) is 4.98 Å². The Morgan fingerprint density at radius 2 is 1.73 bits per heavy atom. The highest BCUT2D eigenvalue weighted by Crippen LogP contribution is 2.13. The number of nitrogens with zero attached hydrogens (tertiary/aromatic N) is 3. The zero-order valence-corrected chi connectivity index (χ0v) is 16.0. The highest BCUT2D eigenvalue weighted by Gasteiger charge is 2.11. The van der Waals surface area contributed by atoms with Crippen LogP contribution in [0, 0.1) is 13.8 Å². The van der Waals surface area contributed by atoms with Crippen LogP contribution in [0.4, 0.5) is 0 Å². The minimum atomic E-state index is 0.517. The van der Waals surface area contributed by atoms with Gasteiger partial charge in [0.05, 0.1) is 12.2 Å². The number of oxazole rings is 1. The number of aryl methyl sites for hydroxylation is 2. The summed E-state index contributed by atoms with van der Waals surface area (Å²) in [6, 6.07) is 8.83. The third kappa shape index (κ3) is 5.08. The molecule has 1 aliphatic rings. The van der Waals surface area contributed by atoms with E-state index in [1.165, 1.54) is 37.1 Å². The maximum Gasteiger partial charge on any atom is 0.214 e. The second-order valence-corrected chi connectivity index (χ2v) is 6.83. The molecule has 0 amide bonds. The van der Waals surface area contributed by atoms with Crippen molar-refractivity contribution in [3.05, 3.63) is 52.7 Å². The average Bonchev–Trinajstić information content (AvgIpc) is 3.26. The van der Waals surface area contributed by atoms with Crippen LogP contribution in [0.5, 0.6) is 0 Å². The molecule has 1 aliphatic heterocycles. The molecule has 26 heavy (non-hydrogen) atoms. The molecule has 140 valence electrons. The standard InChI is InChI=1S/C20H29N5O/c1-15-16(2)26-19(24-15)13-23-20(21-3)22-12-17-6-8-18(9-7-17)14-25-10-4-5-11-25/h6-9H,4-5,10-14H2,1-3H3,(H2,21,22,23). The largest absolute Gasteiger partial charge is 0.444 e. The molecule has 1 aromatic carbocycles. The van der Waals surface area contributed by atoms with Crippen LogP contribution < -0.4 is 10.6 Å². The van der Waals surface area contributed by atoms with E-state index in [2.05, 4.69) is 49.8 Å². The third-order valence-corrected chi connectivity index (χ3v) is 4.79. The fourth-order valence-corrected chi connectivity index (χ4v) is 3.14. The van der Waals surface area contributed by atoms with Gasteiger partial charge in [0.2, 0.25) is 5.89 Å². The molecule has 0 bridgehead atoms. The Hall–Kier alpha value is -2.34.